The molecule has 3 rings (SSSR count). The summed E-state index contributed by atoms with van der Waals surface area (Å²) in [6, 6.07) is 18.3. The minimum absolute atomic E-state index is 0.117. The summed E-state index contributed by atoms with van der Waals surface area (Å²) in [5.41, 5.74) is 2.56. The van der Waals surface area contributed by atoms with Crippen LogP contribution in [0.25, 0.3) is 0 Å². The summed E-state index contributed by atoms with van der Waals surface area (Å²) >= 11 is 5.84. The molecular weight excluding hydrogens is 336 g/mol. The van der Waals surface area contributed by atoms with Gasteiger partial charge in [-0.1, -0.05) is 29.8 Å². The number of benzene rings is 2. The third kappa shape index (κ3) is 5.06. The number of amides is 1. The summed E-state index contributed by atoms with van der Waals surface area (Å²) in [4.78, 5) is 16.2. The van der Waals surface area contributed by atoms with Crippen molar-refractivity contribution in [1.82, 2.24) is 10.3 Å². The molecule has 1 amide bonds. The van der Waals surface area contributed by atoms with Gasteiger partial charge in [0, 0.05) is 29.5 Å². The van der Waals surface area contributed by atoms with Gasteiger partial charge in [-0.3, -0.25) is 9.78 Å². The lowest BCUT2D eigenvalue weighted by Crippen LogP contribution is -2.22. The Morgan fingerprint density at radius 3 is 2.44 bits per heavy atom. The Balaban J connectivity index is 1.52. The molecule has 4 nitrogen and oxygen atoms in total. The lowest BCUT2D eigenvalue weighted by atomic mass is 10.1. The Kier molecular flexibility index (Phi) is 5.65. The number of rotatable bonds is 6. The number of pyridine rings is 1. The van der Waals surface area contributed by atoms with E-state index >= 15 is 0 Å². The maximum Gasteiger partial charge on any atom is 0.251 e. The van der Waals surface area contributed by atoms with Gasteiger partial charge in [0.15, 0.2) is 0 Å². The number of ether oxygens (including phenoxy) is 1. The van der Waals surface area contributed by atoms with Crippen molar-refractivity contribution >= 4 is 17.5 Å². The molecule has 0 unspecified atom stereocenters. The van der Waals surface area contributed by atoms with Gasteiger partial charge < -0.3 is 10.1 Å². The van der Waals surface area contributed by atoms with Crippen molar-refractivity contribution in [2.24, 2.45) is 0 Å². The first-order chi connectivity index (χ1) is 12.2. The van der Waals surface area contributed by atoms with Gasteiger partial charge in [-0.05, 0) is 53.6 Å². The van der Waals surface area contributed by atoms with Crippen LogP contribution in [0.3, 0.4) is 0 Å². The molecule has 0 bridgehead atoms. The topological polar surface area (TPSA) is 51.2 Å². The summed E-state index contributed by atoms with van der Waals surface area (Å²) in [5, 5.41) is 3.55. The number of hydrogen-bond donors (Lipinski definition) is 1. The normalized spacial score (nSPS) is 10.3. The third-order valence-corrected chi connectivity index (χ3v) is 3.86. The van der Waals surface area contributed by atoms with Crippen molar-refractivity contribution in [3.05, 3.63) is 94.8 Å². The van der Waals surface area contributed by atoms with Crippen LogP contribution in [-0.2, 0) is 13.2 Å². The molecule has 2 aromatic carbocycles. The molecule has 0 aliphatic carbocycles. The average Bonchev–Trinajstić information content (AvgIpc) is 2.67. The summed E-state index contributed by atoms with van der Waals surface area (Å²) in [6.07, 6.45) is 3.44. The number of hydrogen-bond acceptors (Lipinski definition) is 3. The van der Waals surface area contributed by atoms with Crippen LogP contribution in [0.2, 0.25) is 5.02 Å². The second-order valence-electron chi connectivity index (χ2n) is 5.48. The van der Waals surface area contributed by atoms with E-state index in [0.717, 1.165) is 16.9 Å². The van der Waals surface area contributed by atoms with Crippen molar-refractivity contribution in [1.29, 1.82) is 0 Å². The van der Waals surface area contributed by atoms with Crippen LogP contribution in [0.1, 0.15) is 21.5 Å². The molecule has 1 heterocycles. The monoisotopic (exact) mass is 352 g/mol. The van der Waals surface area contributed by atoms with E-state index in [1.165, 1.54) is 0 Å². The molecule has 0 saturated heterocycles. The lowest BCUT2D eigenvalue weighted by Gasteiger charge is -2.08. The second kappa shape index (κ2) is 8.31. The number of aromatic nitrogens is 1. The highest BCUT2D eigenvalue weighted by Gasteiger charge is 2.05. The maximum absolute atomic E-state index is 12.2. The zero-order valence-corrected chi connectivity index (χ0v) is 14.2. The zero-order chi connectivity index (χ0) is 17.5. The van der Waals surface area contributed by atoms with Crippen LogP contribution in [0, 0.1) is 0 Å². The highest BCUT2D eigenvalue weighted by Crippen LogP contribution is 2.17. The first-order valence-corrected chi connectivity index (χ1v) is 8.23. The van der Waals surface area contributed by atoms with Gasteiger partial charge in [-0.25, -0.2) is 0 Å². The van der Waals surface area contributed by atoms with Crippen LogP contribution in [0.15, 0.2) is 73.1 Å². The number of carbonyl (C=O) groups excluding carboxylic acids is 1. The largest absolute Gasteiger partial charge is 0.489 e. The minimum atomic E-state index is -0.117. The molecule has 0 atom stereocenters. The van der Waals surface area contributed by atoms with Crippen molar-refractivity contribution < 1.29 is 9.53 Å². The zero-order valence-electron chi connectivity index (χ0n) is 13.5. The Labute approximate surface area is 151 Å². The van der Waals surface area contributed by atoms with Gasteiger partial charge in [0.25, 0.3) is 5.91 Å². The van der Waals surface area contributed by atoms with E-state index in [0.29, 0.717) is 23.7 Å². The van der Waals surface area contributed by atoms with Gasteiger partial charge in [0.1, 0.15) is 12.4 Å². The van der Waals surface area contributed by atoms with Crippen LogP contribution < -0.4 is 10.1 Å². The van der Waals surface area contributed by atoms with E-state index in [-0.39, 0.29) is 5.91 Å². The second-order valence-corrected chi connectivity index (χ2v) is 5.92. The molecule has 1 N–H and O–H groups in total. The fourth-order valence-corrected chi connectivity index (χ4v) is 2.36. The predicted molar refractivity (Wildman–Crippen MR) is 97.6 cm³/mol. The van der Waals surface area contributed by atoms with Crippen LogP contribution in [0.4, 0.5) is 0 Å². The Morgan fingerprint density at radius 1 is 1.00 bits per heavy atom. The molecular formula is C20H17ClN2O2. The average molecular weight is 353 g/mol. The van der Waals surface area contributed by atoms with Gasteiger partial charge >= 0.3 is 0 Å². The minimum Gasteiger partial charge on any atom is -0.489 e. The predicted octanol–water partition coefficient (Wildman–Crippen LogP) is 4.24. The molecule has 0 aliphatic rings. The molecule has 25 heavy (non-hydrogen) atoms. The molecule has 0 saturated carbocycles. The molecule has 0 radical (unpaired) electrons. The van der Waals surface area contributed by atoms with E-state index in [1.54, 1.807) is 36.7 Å². The lowest BCUT2D eigenvalue weighted by molar-refractivity contribution is 0.0951. The van der Waals surface area contributed by atoms with Crippen LogP contribution in [0.5, 0.6) is 5.75 Å². The summed E-state index contributed by atoms with van der Waals surface area (Å²) in [6.45, 7) is 0.882. The molecule has 126 valence electrons. The SMILES string of the molecule is O=C(NCc1cccnc1)c1ccc(COc2ccc(Cl)cc2)cc1. The smallest absolute Gasteiger partial charge is 0.251 e. The number of halogens is 1. The first kappa shape index (κ1) is 17.0. The first-order valence-electron chi connectivity index (χ1n) is 7.85. The van der Waals surface area contributed by atoms with Gasteiger partial charge in [-0.15, -0.1) is 0 Å². The standard InChI is InChI=1S/C20H17ClN2O2/c21-18-7-9-19(10-8-18)25-14-15-3-5-17(6-4-15)20(24)23-13-16-2-1-11-22-12-16/h1-12H,13-14H2,(H,23,24). The number of nitrogens with one attached hydrogen (secondary N) is 1. The number of nitrogens with zero attached hydrogens (tertiary/aromatic N) is 1. The van der Waals surface area contributed by atoms with Crippen molar-refractivity contribution in [2.75, 3.05) is 0 Å². The van der Waals surface area contributed by atoms with E-state index in [9.17, 15) is 4.79 Å². The summed E-state index contributed by atoms with van der Waals surface area (Å²) < 4.78 is 5.69. The van der Waals surface area contributed by atoms with E-state index in [1.807, 2.05) is 36.4 Å². The highest BCUT2D eigenvalue weighted by molar-refractivity contribution is 6.30. The molecule has 0 fully saturated rings. The van der Waals surface area contributed by atoms with E-state index < -0.39 is 0 Å². The fourth-order valence-electron chi connectivity index (χ4n) is 2.24. The molecule has 0 spiro atoms. The van der Waals surface area contributed by atoms with E-state index in [2.05, 4.69) is 10.3 Å². The maximum atomic E-state index is 12.2. The van der Waals surface area contributed by atoms with Crippen LogP contribution in [-0.4, -0.2) is 10.9 Å². The molecule has 3 aromatic rings. The van der Waals surface area contributed by atoms with E-state index in [4.69, 9.17) is 16.3 Å². The molecule has 0 aliphatic heterocycles. The summed E-state index contributed by atoms with van der Waals surface area (Å²) in [5.74, 6) is 0.636. The fraction of sp³-hybridized carbons (Fsp3) is 0.100. The van der Waals surface area contributed by atoms with Crippen molar-refractivity contribution in [3.63, 3.8) is 0 Å². The Bertz CT molecular complexity index is 819. The van der Waals surface area contributed by atoms with Gasteiger partial charge in [0.05, 0.1) is 0 Å². The quantitative estimate of drug-likeness (QED) is 0.721. The molecule has 5 heteroatoms. The number of carbonyl (C=O) groups is 1. The third-order valence-electron chi connectivity index (χ3n) is 3.61. The Morgan fingerprint density at radius 2 is 1.76 bits per heavy atom. The van der Waals surface area contributed by atoms with Crippen molar-refractivity contribution in [3.8, 4) is 5.75 Å². The van der Waals surface area contributed by atoms with Crippen molar-refractivity contribution in [2.45, 2.75) is 13.2 Å². The van der Waals surface area contributed by atoms with Crippen LogP contribution >= 0.6 is 11.6 Å². The Hall–Kier alpha value is -2.85. The molecule has 1 aromatic heterocycles. The van der Waals surface area contributed by atoms with Gasteiger partial charge in [-0.2, -0.15) is 0 Å². The van der Waals surface area contributed by atoms with Gasteiger partial charge in [0.2, 0.25) is 0 Å². The highest BCUT2D eigenvalue weighted by atomic mass is 35.5. The summed E-state index contributed by atoms with van der Waals surface area (Å²) in [7, 11) is 0.